The Morgan fingerprint density at radius 2 is 1.67 bits per heavy atom. The second kappa shape index (κ2) is 13.7. The minimum absolute atomic E-state index is 0.0856. The number of rotatable bonds is 12. The van der Waals surface area contributed by atoms with Crippen LogP contribution in [-0.2, 0) is 32.3 Å². The van der Waals surface area contributed by atoms with E-state index in [1.807, 2.05) is 6.92 Å². The molecule has 0 unspecified atom stereocenters. The minimum Gasteiger partial charge on any atom is -0.497 e. The number of alkyl halides is 3. The molecule has 0 aliphatic heterocycles. The molecule has 0 saturated carbocycles. The maximum atomic E-state index is 13.9. The number of halogens is 3. The number of hydrogen-bond acceptors (Lipinski definition) is 5. The SMILES string of the molecule is CCCNC(=O)[C@@H](C)N(Cc1cccc(OC)c1)C(=O)CN(c1cccc(C(F)(F)F)c1)S(=O)(=O)c1ccc(C)cc1. The summed E-state index contributed by atoms with van der Waals surface area (Å²) in [6.45, 7) is 4.55. The van der Waals surface area contributed by atoms with Crippen LogP contribution in [0.25, 0.3) is 0 Å². The molecule has 0 radical (unpaired) electrons. The topological polar surface area (TPSA) is 96.0 Å². The van der Waals surface area contributed by atoms with E-state index in [9.17, 15) is 31.2 Å². The molecule has 0 fully saturated rings. The van der Waals surface area contributed by atoms with Gasteiger partial charge < -0.3 is 15.0 Å². The van der Waals surface area contributed by atoms with Crippen LogP contribution in [0.15, 0.2) is 77.7 Å². The molecule has 3 rings (SSSR count). The summed E-state index contributed by atoms with van der Waals surface area (Å²) in [5.41, 5.74) is -0.0443. The quantitative estimate of drug-likeness (QED) is 0.308. The Morgan fingerprint density at radius 3 is 2.29 bits per heavy atom. The second-order valence-corrected chi connectivity index (χ2v) is 11.6. The molecule has 0 heterocycles. The first-order valence-electron chi connectivity index (χ1n) is 13.2. The van der Waals surface area contributed by atoms with Crippen LogP contribution in [0.4, 0.5) is 18.9 Å². The third-order valence-corrected chi connectivity index (χ3v) is 8.34. The van der Waals surface area contributed by atoms with Crippen molar-refractivity contribution in [3.63, 3.8) is 0 Å². The number of hydrogen-bond donors (Lipinski definition) is 1. The van der Waals surface area contributed by atoms with E-state index in [0.717, 1.165) is 17.7 Å². The van der Waals surface area contributed by atoms with Gasteiger partial charge in [-0.3, -0.25) is 13.9 Å². The van der Waals surface area contributed by atoms with Crippen LogP contribution in [-0.4, -0.2) is 51.4 Å². The number of benzene rings is 3. The van der Waals surface area contributed by atoms with Crippen molar-refractivity contribution in [2.75, 3.05) is 24.5 Å². The lowest BCUT2D eigenvalue weighted by Gasteiger charge is -2.32. The van der Waals surface area contributed by atoms with Gasteiger partial charge in [-0.25, -0.2) is 8.42 Å². The van der Waals surface area contributed by atoms with Crippen molar-refractivity contribution in [2.24, 2.45) is 0 Å². The van der Waals surface area contributed by atoms with Gasteiger partial charge in [-0.1, -0.05) is 42.8 Å². The van der Waals surface area contributed by atoms with E-state index in [1.165, 1.54) is 37.1 Å². The normalized spacial score (nSPS) is 12.4. The van der Waals surface area contributed by atoms with Crippen LogP contribution < -0.4 is 14.4 Å². The first-order chi connectivity index (χ1) is 19.8. The van der Waals surface area contributed by atoms with Crippen LogP contribution in [0.3, 0.4) is 0 Å². The van der Waals surface area contributed by atoms with Gasteiger partial charge in [0.2, 0.25) is 11.8 Å². The van der Waals surface area contributed by atoms with Gasteiger partial charge in [-0.2, -0.15) is 13.2 Å². The second-order valence-electron chi connectivity index (χ2n) is 9.71. The first kappa shape index (κ1) is 32.5. The maximum Gasteiger partial charge on any atom is 0.416 e. The predicted molar refractivity (Wildman–Crippen MR) is 153 cm³/mol. The Labute approximate surface area is 244 Å². The fraction of sp³-hybridized carbons (Fsp3) is 0.333. The van der Waals surface area contributed by atoms with Crippen molar-refractivity contribution in [2.45, 2.75) is 50.9 Å². The highest BCUT2D eigenvalue weighted by molar-refractivity contribution is 7.92. The molecular weight excluding hydrogens is 571 g/mol. The van der Waals surface area contributed by atoms with E-state index in [4.69, 9.17) is 4.74 Å². The minimum atomic E-state index is -4.75. The Hall–Kier alpha value is -4.06. The lowest BCUT2D eigenvalue weighted by atomic mass is 10.1. The van der Waals surface area contributed by atoms with Gasteiger partial charge >= 0.3 is 6.18 Å². The van der Waals surface area contributed by atoms with Gasteiger partial charge in [0, 0.05) is 13.1 Å². The smallest absolute Gasteiger partial charge is 0.416 e. The van der Waals surface area contributed by atoms with E-state index < -0.39 is 46.2 Å². The number of nitrogens with one attached hydrogen (secondary N) is 1. The molecule has 12 heteroatoms. The van der Waals surface area contributed by atoms with Crippen LogP contribution >= 0.6 is 0 Å². The van der Waals surface area contributed by atoms with Crippen LogP contribution in [0.5, 0.6) is 5.75 Å². The Morgan fingerprint density at radius 1 is 1.00 bits per heavy atom. The fourth-order valence-corrected chi connectivity index (χ4v) is 5.56. The van der Waals surface area contributed by atoms with Crippen molar-refractivity contribution in [3.8, 4) is 5.75 Å². The number of methoxy groups -OCH3 is 1. The van der Waals surface area contributed by atoms with Gasteiger partial charge in [-0.15, -0.1) is 0 Å². The molecule has 0 spiro atoms. The van der Waals surface area contributed by atoms with E-state index in [1.54, 1.807) is 43.3 Å². The van der Waals surface area contributed by atoms with E-state index in [-0.39, 0.29) is 17.1 Å². The number of sulfonamides is 1. The maximum absolute atomic E-state index is 13.9. The lowest BCUT2D eigenvalue weighted by Crippen LogP contribution is -2.51. The number of carbonyl (C=O) groups excluding carboxylic acids is 2. The highest BCUT2D eigenvalue weighted by atomic mass is 32.2. The average Bonchev–Trinajstić information content (AvgIpc) is 2.96. The molecule has 0 aliphatic carbocycles. The van der Waals surface area contributed by atoms with Crippen molar-refractivity contribution in [3.05, 3.63) is 89.5 Å². The van der Waals surface area contributed by atoms with Crippen molar-refractivity contribution < 1.29 is 35.9 Å². The predicted octanol–water partition coefficient (Wildman–Crippen LogP) is 5.16. The van der Waals surface area contributed by atoms with Crippen LogP contribution in [0, 0.1) is 6.92 Å². The summed E-state index contributed by atoms with van der Waals surface area (Å²) < 4.78 is 74.3. The molecule has 0 bridgehead atoms. The summed E-state index contributed by atoms with van der Waals surface area (Å²) in [6, 6.07) is 15.3. The number of nitrogens with zero attached hydrogens (tertiary/aromatic N) is 2. The molecule has 1 atom stereocenters. The third-order valence-electron chi connectivity index (χ3n) is 6.55. The van der Waals surface area contributed by atoms with E-state index in [0.29, 0.717) is 34.7 Å². The van der Waals surface area contributed by atoms with Crippen molar-refractivity contribution >= 4 is 27.5 Å². The number of amides is 2. The molecule has 3 aromatic rings. The van der Waals surface area contributed by atoms with Crippen molar-refractivity contribution in [1.29, 1.82) is 0 Å². The molecule has 2 amide bonds. The zero-order valence-corrected chi connectivity index (χ0v) is 24.6. The highest BCUT2D eigenvalue weighted by Crippen LogP contribution is 2.33. The Bertz CT molecular complexity index is 1490. The Kier molecular flexibility index (Phi) is 10.6. The largest absolute Gasteiger partial charge is 0.497 e. The third kappa shape index (κ3) is 8.03. The summed E-state index contributed by atoms with van der Waals surface area (Å²) in [6.07, 6.45) is -4.09. The summed E-state index contributed by atoms with van der Waals surface area (Å²) in [7, 11) is -3.03. The van der Waals surface area contributed by atoms with Gasteiger partial charge in [0.1, 0.15) is 18.3 Å². The van der Waals surface area contributed by atoms with Crippen LogP contribution in [0.2, 0.25) is 0 Å². The van der Waals surface area contributed by atoms with Crippen LogP contribution in [0.1, 0.15) is 37.0 Å². The molecule has 0 saturated heterocycles. The van der Waals surface area contributed by atoms with Gasteiger partial charge in [0.25, 0.3) is 10.0 Å². The number of anilines is 1. The molecular formula is C30H34F3N3O5S. The van der Waals surface area contributed by atoms with Gasteiger partial charge in [0.15, 0.2) is 0 Å². The summed E-state index contributed by atoms with van der Waals surface area (Å²) in [4.78, 5) is 27.8. The molecule has 226 valence electrons. The summed E-state index contributed by atoms with van der Waals surface area (Å²) >= 11 is 0. The molecule has 3 aromatic carbocycles. The van der Waals surface area contributed by atoms with Gasteiger partial charge in [0.05, 0.1) is 23.3 Å². The lowest BCUT2D eigenvalue weighted by molar-refractivity contribution is -0.139. The molecule has 0 aromatic heterocycles. The molecule has 42 heavy (non-hydrogen) atoms. The summed E-state index contributed by atoms with van der Waals surface area (Å²) in [5.74, 6) is -0.735. The highest BCUT2D eigenvalue weighted by Gasteiger charge is 2.35. The molecule has 0 aliphatic rings. The average molecular weight is 606 g/mol. The monoisotopic (exact) mass is 605 g/mol. The first-order valence-corrected chi connectivity index (χ1v) is 14.7. The van der Waals surface area contributed by atoms with Crippen molar-refractivity contribution in [1.82, 2.24) is 10.2 Å². The van der Waals surface area contributed by atoms with E-state index >= 15 is 0 Å². The number of aryl methyl sites for hydroxylation is 1. The molecule has 1 N–H and O–H groups in total. The number of carbonyl (C=O) groups is 2. The van der Waals surface area contributed by atoms with Gasteiger partial charge in [-0.05, 0) is 68.3 Å². The zero-order valence-electron chi connectivity index (χ0n) is 23.8. The fourth-order valence-electron chi connectivity index (χ4n) is 4.15. The summed E-state index contributed by atoms with van der Waals surface area (Å²) in [5, 5.41) is 2.73. The van der Waals surface area contributed by atoms with E-state index in [2.05, 4.69) is 5.32 Å². The molecule has 8 nitrogen and oxygen atoms in total. The Balaban J connectivity index is 2.09. The number of ether oxygens (including phenoxy) is 1. The standard InChI is InChI=1S/C30H34F3N3O5S/c1-5-16-34-29(38)22(3)35(19-23-8-6-11-26(17-23)41-4)28(37)20-36(25-10-7-9-24(18-25)30(31,32)33)42(39,40)27-14-12-21(2)13-15-27/h6-15,17-18,22H,5,16,19-20H2,1-4H3,(H,34,38)/t22-/m1/s1. The zero-order chi connectivity index (χ0) is 31.1.